The lowest BCUT2D eigenvalue weighted by molar-refractivity contribution is -0.120. The third-order valence-electron chi connectivity index (χ3n) is 3.86. The molecule has 5 nitrogen and oxygen atoms in total. The van der Waals surface area contributed by atoms with Crippen LogP contribution in [0.25, 0.3) is 0 Å². The maximum Gasteiger partial charge on any atom is 0.264 e. The maximum absolute atomic E-state index is 13.1. The molecule has 0 spiro atoms. The molecule has 0 aromatic heterocycles. The summed E-state index contributed by atoms with van der Waals surface area (Å²) >= 11 is 2.16. The second kappa shape index (κ2) is 9.36. The quantitative estimate of drug-likeness (QED) is 0.578. The first-order chi connectivity index (χ1) is 12.3. The summed E-state index contributed by atoms with van der Waals surface area (Å²) in [7, 11) is -3.84. The molecule has 0 aliphatic carbocycles. The van der Waals surface area contributed by atoms with Gasteiger partial charge in [-0.1, -0.05) is 31.5 Å². The van der Waals surface area contributed by atoms with Crippen LogP contribution in [0.4, 0.5) is 5.69 Å². The predicted molar refractivity (Wildman–Crippen MR) is 113 cm³/mol. The van der Waals surface area contributed by atoms with Crippen molar-refractivity contribution in [1.82, 2.24) is 5.32 Å². The van der Waals surface area contributed by atoms with E-state index in [-0.39, 0.29) is 23.4 Å². The molecule has 2 aromatic rings. The second-order valence-corrected chi connectivity index (χ2v) is 9.17. The number of rotatable bonds is 8. The molecule has 7 heteroatoms. The number of halogens is 1. The highest BCUT2D eigenvalue weighted by Gasteiger charge is 2.27. The number of nitrogens with one attached hydrogen (secondary N) is 1. The highest BCUT2D eigenvalue weighted by atomic mass is 127. The standard InChI is InChI=1S/C19H23IN2O3S/c1-3-7-15(2)21-19(23)14-22(17-12-10-16(20)11-13-17)26(24,25)18-8-5-4-6-9-18/h4-6,8-13,15H,3,7,14H2,1-2H3,(H,21,23)/t15-/m1/s1. The molecule has 0 aliphatic heterocycles. The Balaban J connectivity index is 2.34. The van der Waals surface area contributed by atoms with E-state index >= 15 is 0 Å². The van der Waals surface area contributed by atoms with E-state index in [1.807, 2.05) is 26.0 Å². The monoisotopic (exact) mass is 486 g/mol. The van der Waals surface area contributed by atoms with Crippen LogP contribution in [0, 0.1) is 3.57 Å². The highest BCUT2D eigenvalue weighted by molar-refractivity contribution is 14.1. The van der Waals surface area contributed by atoms with Gasteiger partial charge in [-0.3, -0.25) is 9.10 Å². The van der Waals surface area contributed by atoms with E-state index in [4.69, 9.17) is 0 Å². The maximum atomic E-state index is 13.1. The van der Waals surface area contributed by atoms with Crippen LogP contribution in [0.2, 0.25) is 0 Å². The number of carbonyl (C=O) groups excluding carboxylic acids is 1. The lowest BCUT2D eigenvalue weighted by Gasteiger charge is -2.25. The molecule has 1 N–H and O–H groups in total. The normalized spacial score (nSPS) is 12.4. The van der Waals surface area contributed by atoms with Gasteiger partial charge < -0.3 is 5.32 Å². The minimum Gasteiger partial charge on any atom is -0.352 e. The summed E-state index contributed by atoms with van der Waals surface area (Å²) in [5.74, 6) is -0.316. The summed E-state index contributed by atoms with van der Waals surface area (Å²) in [5.41, 5.74) is 0.465. The van der Waals surface area contributed by atoms with Crippen molar-refractivity contribution >= 4 is 44.2 Å². The molecule has 0 saturated carbocycles. The molecule has 0 heterocycles. The Hall–Kier alpha value is -1.61. The van der Waals surface area contributed by atoms with Crippen LogP contribution in [0.5, 0.6) is 0 Å². The second-order valence-electron chi connectivity index (χ2n) is 6.06. The third-order valence-corrected chi connectivity index (χ3v) is 6.37. The van der Waals surface area contributed by atoms with E-state index in [0.717, 1.165) is 20.7 Å². The minimum atomic E-state index is -3.84. The van der Waals surface area contributed by atoms with Gasteiger partial charge in [-0.2, -0.15) is 0 Å². The van der Waals surface area contributed by atoms with Crippen LogP contribution in [-0.2, 0) is 14.8 Å². The number of nitrogens with zero attached hydrogens (tertiary/aromatic N) is 1. The van der Waals surface area contributed by atoms with E-state index < -0.39 is 10.0 Å². The van der Waals surface area contributed by atoms with E-state index in [1.165, 1.54) is 12.1 Å². The van der Waals surface area contributed by atoms with Gasteiger partial charge in [-0.05, 0) is 72.3 Å². The lowest BCUT2D eigenvalue weighted by atomic mass is 10.2. The summed E-state index contributed by atoms with van der Waals surface area (Å²) in [4.78, 5) is 12.6. The minimum absolute atomic E-state index is 0.00509. The smallest absolute Gasteiger partial charge is 0.264 e. The summed E-state index contributed by atoms with van der Waals surface area (Å²) in [6.07, 6.45) is 1.80. The number of carbonyl (C=O) groups is 1. The van der Waals surface area contributed by atoms with Crippen molar-refractivity contribution in [2.75, 3.05) is 10.8 Å². The fourth-order valence-corrected chi connectivity index (χ4v) is 4.40. The first kappa shape index (κ1) is 20.7. The molecule has 2 aromatic carbocycles. The largest absolute Gasteiger partial charge is 0.352 e. The summed E-state index contributed by atoms with van der Waals surface area (Å²) < 4.78 is 28.4. The number of amides is 1. The zero-order valence-electron chi connectivity index (χ0n) is 14.9. The SMILES string of the molecule is CCC[C@@H](C)NC(=O)CN(c1ccc(I)cc1)S(=O)(=O)c1ccccc1. The number of benzene rings is 2. The van der Waals surface area contributed by atoms with Gasteiger partial charge in [-0.25, -0.2) is 8.42 Å². The topological polar surface area (TPSA) is 66.5 Å². The van der Waals surface area contributed by atoms with Crippen molar-refractivity contribution in [3.8, 4) is 0 Å². The number of hydrogen-bond donors (Lipinski definition) is 1. The van der Waals surface area contributed by atoms with E-state index in [0.29, 0.717) is 5.69 Å². The van der Waals surface area contributed by atoms with Gasteiger partial charge in [0.25, 0.3) is 10.0 Å². The Kier molecular flexibility index (Phi) is 7.45. The predicted octanol–water partition coefficient (Wildman–Crippen LogP) is 3.79. The molecule has 0 radical (unpaired) electrons. The molecule has 0 saturated heterocycles. The highest BCUT2D eigenvalue weighted by Crippen LogP contribution is 2.24. The van der Waals surface area contributed by atoms with Crippen molar-refractivity contribution in [2.45, 2.75) is 37.6 Å². The molecule has 1 atom stereocenters. The zero-order chi connectivity index (χ0) is 19.2. The molecular weight excluding hydrogens is 463 g/mol. The lowest BCUT2D eigenvalue weighted by Crippen LogP contribution is -2.43. The van der Waals surface area contributed by atoms with Gasteiger partial charge in [0, 0.05) is 9.61 Å². The summed E-state index contributed by atoms with van der Waals surface area (Å²) in [5, 5.41) is 2.87. The van der Waals surface area contributed by atoms with E-state index in [1.54, 1.807) is 30.3 Å². The van der Waals surface area contributed by atoms with Gasteiger partial charge in [-0.15, -0.1) is 0 Å². The Morgan fingerprint density at radius 2 is 1.73 bits per heavy atom. The average Bonchev–Trinajstić information content (AvgIpc) is 2.61. The van der Waals surface area contributed by atoms with Crippen molar-refractivity contribution in [2.24, 2.45) is 0 Å². The Bertz CT molecular complexity index is 824. The average molecular weight is 486 g/mol. The van der Waals surface area contributed by atoms with Gasteiger partial charge in [0.05, 0.1) is 10.6 Å². The van der Waals surface area contributed by atoms with Crippen molar-refractivity contribution in [3.05, 3.63) is 58.2 Å². The molecule has 0 unspecified atom stereocenters. The molecular formula is C19H23IN2O3S. The molecule has 0 bridgehead atoms. The summed E-state index contributed by atoms with van der Waals surface area (Å²) in [6.45, 7) is 3.70. The van der Waals surface area contributed by atoms with Crippen LogP contribution in [-0.4, -0.2) is 26.9 Å². The van der Waals surface area contributed by atoms with Gasteiger partial charge in [0.15, 0.2) is 0 Å². The van der Waals surface area contributed by atoms with Crippen molar-refractivity contribution in [3.63, 3.8) is 0 Å². The number of hydrogen-bond acceptors (Lipinski definition) is 3. The van der Waals surface area contributed by atoms with Crippen LogP contribution >= 0.6 is 22.6 Å². The fraction of sp³-hybridized carbons (Fsp3) is 0.316. The summed E-state index contributed by atoms with van der Waals surface area (Å²) in [6, 6.07) is 15.2. The molecule has 2 rings (SSSR count). The third kappa shape index (κ3) is 5.44. The fourth-order valence-electron chi connectivity index (χ4n) is 2.60. The Morgan fingerprint density at radius 3 is 2.31 bits per heavy atom. The van der Waals surface area contributed by atoms with Gasteiger partial charge in [0.1, 0.15) is 6.54 Å². The first-order valence-corrected chi connectivity index (χ1v) is 11.0. The van der Waals surface area contributed by atoms with E-state index in [9.17, 15) is 13.2 Å². The van der Waals surface area contributed by atoms with Crippen LogP contribution in [0.3, 0.4) is 0 Å². The molecule has 0 aliphatic rings. The Morgan fingerprint density at radius 1 is 1.12 bits per heavy atom. The first-order valence-electron chi connectivity index (χ1n) is 8.47. The molecule has 1 amide bonds. The van der Waals surface area contributed by atoms with Crippen molar-refractivity contribution < 1.29 is 13.2 Å². The number of anilines is 1. The zero-order valence-corrected chi connectivity index (χ0v) is 17.8. The van der Waals surface area contributed by atoms with Crippen LogP contribution in [0.15, 0.2) is 59.5 Å². The number of sulfonamides is 1. The van der Waals surface area contributed by atoms with E-state index in [2.05, 4.69) is 27.9 Å². The molecule has 26 heavy (non-hydrogen) atoms. The van der Waals surface area contributed by atoms with Gasteiger partial charge >= 0.3 is 0 Å². The Labute approximate surface area is 169 Å². The molecule has 0 fully saturated rings. The molecule has 140 valence electrons. The van der Waals surface area contributed by atoms with Crippen LogP contribution < -0.4 is 9.62 Å². The van der Waals surface area contributed by atoms with Gasteiger partial charge in [0.2, 0.25) is 5.91 Å². The van der Waals surface area contributed by atoms with Crippen LogP contribution in [0.1, 0.15) is 26.7 Å². The van der Waals surface area contributed by atoms with Crippen molar-refractivity contribution in [1.29, 1.82) is 0 Å².